The largest absolute Gasteiger partial charge is 0.496 e. The third-order valence-corrected chi connectivity index (χ3v) is 3.64. The lowest BCUT2D eigenvalue weighted by molar-refractivity contribution is 0.0500. The van der Waals surface area contributed by atoms with Crippen LogP contribution in [-0.4, -0.2) is 46.5 Å². The topological polar surface area (TPSA) is 76.1 Å². The van der Waals surface area contributed by atoms with E-state index in [1.807, 2.05) is 13.0 Å². The molecule has 0 aliphatic rings. The van der Waals surface area contributed by atoms with E-state index in [9.17, 15) is 4.79 Å². The van der Waals surface area contributed by atoms with Crippen LogP contribution in [0.15, 0.2) is 6.07 Å². The van der Waals surface area contributed by atoms with Gasteiger partial charge in [0.05, 0.1) is 26.7 Å². The molecular weight excluding hydrogens is 314 g/mol. The molecule has 130 valence electrons. The summed E-state index contributed by atoms with van der Waals surface area (Å²) in [5.74, 6) is 1.67. The fourth-order valence-corrected chi connectivity index (χ4v) is 2.59. The van der Waals surface area contributed by atoms with Gasteiger partial charge in [-0.2, -0.15) is 0 Å². The molecule has 1 aromatic carbocycles. The van der Waals surface area contributed by atoms with Crippen molar-refractivity contribution >= 4 is 17.2 Å². The highest BCUT2D eigenvalue weighted by atomic mass is 16.7. The number of benzene rings is 1. The van der Waals surface area contributed by atoms with E-state index in [1.165, 1.54) is 14.2 Å². The van der Waals surface area contributed by atoms with E-state index in [-0.39, 0.29) is 18.2 Å². The Morgan fingerprint density at radius 3 is 2.25 bits per heavy atom. The molecule has 0 atom stereocenters. The van der Waals surface area contributed by atoms with Crippen LogP contribution in [0, 0.1) is 0 Å². The van der Waals surface area contributed by atoms with Crippen LogP contribution in [0.5, 0.6) is 23.0 Å². The lowest BCUT2D eigenvalue weighted by atomic mass is 10.0. The summed E-state index contributed by atoms with van der Waals surface area (Å²) in [4.78, 5) is 15.9. The summed E-state index contributed by atoms with van der Waals surface area (Å²) >= 11 is 0. The fourth-order valence-electron chi connectivity index (χ4n) is 2.59. The van der Waals surface area contributed by atoms with Crippen molar-refractivity contribution in [3.05, 3.63) is 17.3 Å². The molecule has 1 heterocycles. The van der Waals surface area contributed by atoms with Crippen molar-refractivity contribution in [1.82, 2.24) is 4.98 Å². The molecule has 24 heavy (non-hydrogen) atoms. The standard InChI is InChI=1S/C17H21NO6/c1-6-10-7-12(21-3)13-14(15(10)22-4)18-11(8-19)16(23-5)17(13)24-9-20-2/h7-8H,6,9H2,1-5H3. The van der Waals surface area contributed by atoms with E-state index in [0.29, 0.717) is 40.9 Å². The van der Waals surface area contributed by atoms with E-state index in [0.717, 1.165) is 5.56 Å². The molecule has 7 heteroatoms. The first-order valence-electron chi connectivity index (χ1n) is 7.39. The molecule has 2 aromatic rings. The van der Waals surface area contributed by atoms with Crippen molar-refractivity contribution in [2.45, 2.75) is 13.3 Å². The maximum absolute atomic E-state index is 11.5. The summed E-state index contributed by atoms with van der Waals surface area (Å²) in [5, 5.41) is 0.561. The maximum atomic E-state index is 11.5. The molecule has 0 unspecified atom stereocenters. The average molecular weight is 335 g/mol. The zero-order chi connectivity index (χ0) is 17.7. The van der Waals surface area contributed by atoms with Crippen molar-refractivity contribution in [3.8, 4) is 23.0 Å². The number of aldehydes is 1. The first kappa shape index (κ1) is 17.8. The van der Waals surface area contributed by atoms with Crippen LogP contribution in [0.3, 0.4) is 0 Å². The Labute approximate surface area is 140 Å². The van der Waals surface area contributed by atoms with Gasteiger partial charge in [-0.05, 0) is 18.1 Å². The van der Waals surface area contributed by atoms with Gasteiger partial charge in [-0.1, -0.05) is 6.92 Å². The molecule has 2 rings (SSSR count). The Morgan fingerprint density at radius 2 is 1.75 bits per heavy atom. The summed E-state index contributed by atoms with van der Waals surface area (Å²) in [5.41, 5.74) is 1.50. The molecule has 0 bridgehead atoms. The van der Waals surface area contributed by atoms with Crippen LogP contribution in [0.25, 0.3) is 10.9 Å². The number of methoxy groups -OCH3 is 4. The number of nitrogens with zero attached hydrogens (tertiary/aromatic N) is 1. The number of rotatable bonds is 8. The highest BCUT2D eigenvalue weighted by Crippen LogP contribution is 2.46. The molecule has 0 fully saturated rings. The molecule has 0 aliphatic heterocycles. The van der Waals surface area contributed by atoms with Gasteiger partial charge in [0.15, 0.2) is 24.6 Å². The van der Waals surface area contributed by atoms with Gasteiger partial charge in [0.1, 0.15) is 22.7 Å². The first-order valence-corrected chi connectivity index (χ1v) is 7.39. The molecule has 1 aromatic heterocycles. The second-order valence-corrected chi connectivity index (χ2v) is 4.88. The van der Waals surface area contributed by atoms with E-state index >= 15 is 0 Å². The summed E-state index contributed by atoms with van der Waals surface area (Å²) in [6.07, 6.45) is 1.33. The quantitative estimate of drug-likeness (QED) is 0.542. The minimum Gasteiger partial charge on any atom is -0.496 e. The van der Waals surface area contributed by atoms with Crippen LogP contribution in [0.1, 0.15) is 23.0 Å². The Bertz CT molecular complexity index is 744. The lowest BCUT2D eigenvalue weighted by Gasteiger charge is -2.19. The zero-order valence-electron chi connectivity index (χ0n) is 14.5. The highest BCUT2D eigenvalue weighted by Gasteiger charge is 2.24. The summed E-state index contributed by atoms with van der Waals surface area (Å²) in [6, 6.07) is 1.86. The van der Waals surface area contributed by atoms with Crippen LogP contribution in [0.4, 0.5) is 0 Å². The lowest BCUT2D eigenvalue weighted by Crippen LogP contribution is -2.07. The predicted molar refractivity (Wildman–Crippen MR) is 88.7 cm³/mol. The van der Waals surface area contributed by atoms with Gasteiger partial charge in [0.2, 0.25) is 0 Å². The second kappa shape index (κ2) is 7.83. The smallest absolute Gasteiger partial charge is 0.190 e. The molecule has 0 N–H and O–H groups in total. The SMILES string of the molecule is CCc1cc(OC)c2c(OCOC)c(OC)c(C=O)nc2c1OC. The van der Waals surface area contributed by atoms with Gasteiger partial charge in [-0.3, -0.25) is 4.79 Å². The first-order chi connectivity index (χ1) is 11.7. The van der Waals surface area contributed by atoms with Gasteiger partial charge >= 0.3 is 0 Å². The van der Waals surface area contributed by atoms with Gasteiger partial charge in [0, 0.05) is 7.11 Å². The number of aromatic nitrogens is 1. The van der Waals surface area contributed by atoms with Crippen LogP contribution in [-0.2, 0) is 11.2 Å². The highest BCUT2D eigenvalue weighted by molar-refractivity contribution is 6.00. The molecule has 0 aliphatic carbocycles. The predicted octanol–water partition coefficient (Wildman–Crippen LogP) is 2.62. The third-order valence-electron chi connectivity index (χ3n) is 3.64. The van der Waals surface area contributed by atoms with Crippen molar-refractivity contribution in [3.63, 3.8) is 0 Å². The van der Waals surface area contributed by atoms with E-state index in [4.69, 9.17) is 23.7 Å². The van der Waals surface area contributed by atoms with E-state index in [2.05, 4.69) is 4.98 Å². The Hall–Kier alpha value is -2.54. The number of fused-ring (bicyclic) bond motifs is 1. The van der Waals surface area contributed by atoms with Crippen LogP contribution < -0.4 is 18.9 Å². The number of hydrogen-bond acceptors (Lipinski definition) is 7. The minimum atomic E-state index is -0.0191. The van der Waals surface area contributed by atoms with Crippen LogP contribution >= 0.6 is 0 Å². The average Bonchev–Trinajstić information content (AvgIpc) is 2.63. The maximum Gasteiger partial charge on any atom is 0.190 e. The van der Waals surface area contributed by atoms with Gasteiger partial charge in [0.25, 0.3) is 0 Å². The van der Waals surface area contributed by atoms with Crippen molar-refractivity contribution in [1.29, 1.82) is 0 Å². The summed E-state index contributed by atoms with van der Waals surface area (Å²) in [7, 11) is 6.06. The number of carbonyl (C=O) groups excluding carboxylic acids is 1. The molecule has 0 saturated carbocycles. The van der Waals surface area contributed by atoms with Crippen LogP contribution in [0.2, 0.25) is 0 Å². The van der Waals surface area contributed by atoms with Crippen molar-refractivity contribution in [2.24, 2.45) is 0 Å². The van der Waals surface area contributed by atoms with E-state index in [1.54, 1.807) is 14.2 Å². The fraction of sp³-hybridized carbons (Fsp3) is 0.412. The summed E-state index contributed by atoms with van der Waals surface area (Å²) < 4.78 is 27.0. The van der Waals surface area contributed by atoms with Gasteiger partial charge in [-0.15, -0.1) is 0 Å². The third kappa shape index (κ3) is 2.94. The Morgan fingerprint density at radius 1 is 1.04 bits per heavy atom. The number of ether oxygens (including phenoxy) is 5. The molecule has 7 nitrogen and oxygen atoms in total. The Balaban J connectivity index is 2.98. The van der Waals surface area contributed by atoms with Gasteiger partial charge in [-0.25, -0.2) is 4.98 Å². The second-order valence-electron chi connectivity index (χ2n) is 4.88. The normalized spacial score (nSPS) is 10.5. The van der Waals surface area contributed by atoms with Crippen molar-refractivity contribution < 1.29 is 28.5 Å². The molecule has 0 radical (unpaired) electrons. The molecule has 0 amide bonds. The number of aryl methyl sites for hydroxylation is 1. The number of pyridine rings is 1. The minimum absolute atomic E-state index is 0.0191. The number of carbonyl (C=O) groups is 1. The zero-order valence-corrected chi connectivity index (χ0v) is 14.5. The number of hydrogen-bond donors (Lipinski definition) is 0. The summed E-state index contributed by atoms with van der Waals surface area (Å²) in [6.45, 7) is 1.98. The van der Waals surface area contributed by atoms with Crippen molar-refractivity contribution in [2.75, 3.05) is 35.2 Å². The van der Waals surface area contributed by atoms with Gasteiger partial charge < -0.3 is 23.7 Å². The Kier molecular flexibility index (Phi) is 5.81. The molecular formula is C17H21NO6. The molecule has 0 spiro atoms. The molecule has 0 saturated heterocycles. The van der Waals surface area contributed by atoms with E-state index < -0.39 is 0 Å². The monoisotopic (exact) mass is 335 g/mol.